The highest BCUT2D eigenvalue weighted by molar-refractivity contribution is 6.04. The quantitative estimate of drug-likeness (QED) is 0.868. The van der Waals surface area contributed by atoms with Gasteiger partial charge in [0.1, 0.15) is 0 Å². The maximum atomic E-state index is 12.4. The van der Waals surface area contributed by atoms with E-state index in [1.54, 1.807) is 6.20 Å². The molecule has 1 aliphatic carbocycles. The molecule has 0 unspecified atom stereocenters. The van der Waals surface area contributed by atoms with Gasteiger partial charge in [-0.25, -0.2) is 4.79 Å². The minimum Gasteiger partial charge on any atom is -0.452 e. The van der Waals surface area contributed by atoms with Gasteiger partial charge in [0.2, 0.25) is 0 Å². The number of esters is 1. The van der Waals surface area contributed by atoms with Crippen molar-refractivity contribution in [3.05, 3.63) is 36.0 Å². The number of benzene rings is 1. The second-order valence-electron chi connectivity index (χ2n) is 7.19. The molecular formula is C20H26N2O3. The van der Waals surface area contributed by atoms with Crippen molar-refractivity contribution in [1.82, 2.24) is 9.88 Å². The summed E-state index contributed by atoms with van der Waals surface area (Å²) >= 11 is 0. The molecule has 0 aliphatic heterocycles. The molecule has 0 saturated heterocycles. The Kier molecular flexibility index (Phi) is 5.11. The lowest BCUT2D eigenvalue weighted by molar-refractivity contribution is -0.125. The monoisotopic (exact) mass is 342 g/mol. The highest BCUT2D eigenvalue weighted by Gasteiger charge is 2.28. The minimum atomic E-state index is -0.461. The minimum absolute atomic E-state index is 0.174. The zero-order valence-corrected chi connectivity index (χ0v) is 15.1. The van der Waals surface area contributed by atoms with E-state index in [9.17, 15) is 9.59 Å². The van der Waals surface area contributed by atoms with Crippen LogP contribution in [0.5, 0.6) is 0 Å². The van der Waals surface area contributed by atoms with Gasteiger partial charge in [-0.15, -0.1) is 0 Å². The number of amides is 1. The molecule has 1 amide bonds. The number of nitrogens with one attached hydrogen (secondary N) is 1. The summed E-state index contributed by atoms with van der Waals surface area (Å²) < 4.78 is 7.14. The van der Waals surface area contributed by atoms with E-state index in [0.29, 0.717) is 17.4 Å². The van der Waals surface area contributed by atoms with Gasteiger partial charge in [-0.1, -0.05) is 44.9 Å². The summed E-state index contributed by atoms with van der Waals surface area (Å²) in [7, 11) is 1.89. The van der Waals surface area contributed by atoms with E-state index < -0.39 is 5.97 Å². The third-order valence-electron chi connectivity index (χ3n) is 5.50. The molecule has 3 rings (SSSR count). The number of carbonyl (C=O) groups is 2. The SMILES string of the molecule is C[C@H]1[C@H](C)CCC[C@H]1NC(=O)COC(=O)c1cn(C)c2ccccc12. The van der Waals surface area contributed by atoms with Gasteiger partial charge in [0.05, 0.1) is 5.56 Å². The lowest BCUT2D eigenvalue weighted by Gasteiger charge is -2.34. The number of hydrogen-bond acceptors (Lipinski definition) is 3. The van der Waals surface area contributed by atoms with Gasteiger partial charge >= 0.3 is 5.97 Å². The van der Waals surface area contributed by atoms with Crippen molar-refractivity contribution in [3.63, 3.8) is 0 Å². The standard InChI is InChI=1S/C20H26N2O3/c1-13-7-6-9-17(14(13)2)21-19(23)12-25-20(24)16-11-22(3)18-10-5-4-8-15(16)18/h4-5,8,10-11,13-14,17H,6-7,9,12H2,1-3H3,(H,21,23)/t13-,14+,17-/m1/s1. The molecule has 5 nitrogen and oxygen atoms in total. The summed E-state index contributed by atoms with van der Waals surface area (Å²) in [6.45, 7) is 4.17. The van der Waals surface area contributed by atoms with Crippen LogP contribution in [0.15, 0.2) is 30.5 Å². The van der Waals surface area contributed by atoms with E-state index in [4.69, 9.17) is 4.74 Å². The molecule has 2 aromatic rings. The first kappa shape index (κ1) is 17.5. The predicted octanol–water partition coefficient (Wildman–Crippen LogP) is 3.28. The number of nitrogens with zero attached hydrogens (tertiary/aromatic N) is 1. The average molecular weight is 342 g/mol. The lowest BCUT2D eigenvalue weighted by Crippen LogP contribution is -2.45. The average Bonchev–Trinajstić information content (AvgIpc) is 2.94. The van der Waals surface area contributed by atoms with Gasteiger partial charge in [-0.2, -0.15) is 0 Å². The first-order valence-electron chi connectivity index (χ1n) is 8.98. The summed E-state index contributed by atoms with van der Waals surface area (Å²) in [4.78, 5) is 24.5. The van der Waals surface area contributed by atoms with Gasteiger partial charge in [0, 0.05) is 30.2 Å². The van der Waals surface area contributed by atoms with Gasteiger partial charge in [0.15, 0.2) is 6.61 Å². The molecule has 1 heterocycles. The number of fused-ring (bicyclic) bond motifs is 1. The molecule has 0 bridgehead atoms. The van der Waals surface area contributed by atoms with Crippen molar-refractivity contribution in [1.29, 1.82) is 0 Å². The Morgan fingerprint density at radius 1 is 1.24 bits per heavy atom. The third kappa shape index (κ3) is 3.70. The van der Waals surface area contributed by atoms with Crippen LogP contribution in [0.2, 0.25) is 0 Å². The summed E-state index contributed by atoms with van der Waals surface area (Å²) in [5.41, 5.74) is 1.45. The largest absolute Gasteiger partial charge is 0.452 e. The lowest BCUT2D eigenvalue weighted by atomic mass is 9.78. The topological polar surface area (TPSA) is 60.3 Å². The second kappa shape index (κ2) is 7.30. The molecule has 1 aromatic carbocycles. The molecule has 1 saturated carbocycles. The maximum absolute atomic E-state index is 12.4. The Hall–Kier alpha value is -2.30. The van der Waals surface area contributed by atoms with Gasteiger partial charge in [-0.3, -0.25) is 4.79 Å². The Labute approximate surface area is 148 Å². The number of aryl methyl sites for hydroxylation is 1. The molecule has 0 spiro atoms. The van der Waals surface area contributed by atoms with Crippen LogP contribution in [0.25, 0.3) is 10.9 Å². The van der Waals surface area contributed by atoms with Crippen molar-refractivity contribution in [2.75, 3.05) is 6.61 Å². The van der Waals surface area contributed by atoms with Gasteiger partial charge in [-0.05, 0) is 24.3 Å². The molecule has 3 atom stereocenters. The summed E-state index contributed by atoms with van der Waals surface area (Å²) in [6.07, 6.45) is 5.08. The van der Waals surface area contributed by atoms with E-state index in [1.165, 1.54) is 6.42 Å². The van der Waals surface area contributed by atoms with Gasteiger partial charge < -0.3 is 14.6 Å². The molecule has 1 N–H and O–H groups in total. The highest BCUT2D eigenvalue weighted by atomic mass is 16.5. The van der Waals surface area contributed by atoms with Crippen LogP contribution in [0.4, 0.5) is 0 Å². The number of ether oxygens (including phenoxy) is 1. The van der Waals surface area contributed by atoms with Crippen LogP contribution in [0, 0.1) is 11.8 Å². The van der Waals surface area contributed by atoms with E-state index in [0.717, 1.165) is 23.7 Å². The fraction of sp³-hybridized carbons (Fsp3) is 0.500. The van der Waals surface area contributed by atoms with Crippen molar-refractivity contribution < 1.29 is 14.3 Å². The summed E-state index contributed by atoms with van der Waals surface area (Å²) in [5, 5.41) is 3.86. The zero-order valence-electron chi connectivity index (χ0n) is 15.1. The van der Waals surface area contributed by atoms with E-state index in [2.05, 4.69) is 19.2 Å². The van der Waals surface area contributed by atoms with Crippen LogP contribution < -0.4 is 5.32 Å². The van der Waals surface area contributed by atoms with E-state index in [1.807, 2.05) is 35.9 Å². The number of carbonyl (C=O) groups excluding carboxylic acids is 2. The fourth-order valence-electron chi connectivity index (χ4n) is 3.75. The van der Waals surface area contributed by atoms with Crippen LogP contribution in [0.3, 0.4) is 0 Å². The second-order valence-corrected chi connectivity index (χ2v) is 7.19. The molecule has 1 aromatic heterocycles. The van der Waals surface area contributed by atoms with Crippen molar-refractivity contribution in [2.45, 2.75) is 39.2 Å². The smallest absolute Gasteiger partial charge is 0.340 e. The number of aromatic nitrogens is 1. The molecule has 1 fully saturated rings. The van der Waals surface area contributed by atoms with Crippen molar-refractivity contribution >= 4 is 22.8 Å². The van der Waals surface area contributed by atoms with Crippen LogP contribution >= 0.6 is 0 Å². The van der Waals surface area contributed by atoms with Gasteiger partial charge in [0.25, 0.3) is 5.91 Å². The Morgan fingerprint density at radius 3 is 2.80 bits per heavy atom. The summed E-state index contributed by atoms with van der Waals surface area (Å²) in [6, 6.07) is 7.82. The molecule has 134 valence electrons. The number of para-hydroxylation sites is 1. The Balaban J connectivity index is 1.59. The number of hydrogen-bond donors (Lipinski definition) is 1. The Bertz CT molecular complexity index is 780. The molecular weight excluding hydrogens is 316 g/mol. The summed E-state index contributed by atoms with van der Waals surface area (Å²) in [5.74, 6) is 0.375. The molecule has 1 aliphatic rings. The first-order valence-corrected chi connectivity index (χ1v) is 8.98. The third-order valence-corrected chi connectivity index (χ3v) is 5.50. The molecule has 5 heteroatoms. The first-order chi connectivity index (χ1) is 12.0. The van der Waals surface area contributed by atoms with Crippen LogP contribution in [-0.4, -0.2) is 29.1 Å². The predicted molar refractivity (Wildman–Crippen MR) is 97.3 cm³/mol. The molecule has 25 heavy (non-hydrogen) atoms. The zero-order chi connectivity index (χ0) is 18.0. The van der Waals surface area contributed by atoms with Crippen molar-refractivity contribution in [2.24, 2.45) is 18.9 Å². The Morgan fingerprint density at radius 2 is 2.00 bits per heavy atom. The van der Waals surface area contributed by atoms with E-state index in [-0.39, 0.29) is 18.6 Å². The maximum Gasteiger partial charge on any atom is 0.340 e. The van der Waals surface area contributed by atoms with Crippen LogP contribution in [-0.2, 0) is 16.6 Å². The highest BCUT2D eigenvalue weighted by Crippen LogP contribution is 2.29. The molecule has 0 radical (unpaired) electrons. The number of rotatable bonds is 4. The van der Waals surface area contributed by atoms with Crippen LogP contribution in [0.1, 0.15) is 43.5 Å². The normalized spacial score (nSPS) is 23.4. The van der Waals surface area contributed by atoms with E-state index >= 15 is 0 Å². The fourth-order valence-corrected chi connectivity index (χ4v) is 3.75. The van der Waals surface area contributed by atoms with Crippen molar-refractivity contribution in [3.8, 4) is 0 Å².